The van der Waals surface area contributed by atoms with Crippen LogP contribution in [0.3, 0.4) is 0 Å². The fourth-order valence-electron chi connectivity index (χ4n) is 6.15. The quantitative estimate of drug-likeness (QED) is 0.306. The predicted octanol–water partition coefficient (Wildman–Crippen LogP) is 4.70. The minimum absolute atomic E-state index is 0.718. The van der Waals surface area contributed by atoms with Crippen molar-refractivity contribution in [3.8, 4) is 5.75 Å². The second-order valence-electron chi connectivity index (χ2n) is 10.1. The van der Waals surface area contributed by atoms with Crippen LogP contribution in [0.1, 0.15) is 34.2 Å². The highest BCUT2D eigenvalue weighted by Gasteiger charge is 2.27. The summed E-state index contributed by atoms with van der Waals surface area (Å²) in [6, 6.07) is 30.3. The van der Waals surface area contributed by atoms with Crippen LogP contribution in [0.2, 0.25) is 0 Å². The standard InChI is InChI=1S/C32H31N5O/c1-22-34-18-24-10-8-11-25(32(24)38-3)19-35-23(2)37(31-17-7-5-15-29(31)35)21-27-13-9-12-26(33-27)20-36(22)30-16-6-4-14-28(30)34/h4-17H,18-21H2,1-3H3/q+2. The van der Waals surface area contributed by atoms with E-state index < -0.39 is 0 Å². The van der Waals surface area contributed by atoms with Gasteiger partial charge in [-0.1, -0.05) is 48.5 Å². The van der Waals surface area contributed by atoms with E-state index in [2.05, 4.69) is 117 Å². The van der Waals surface area contributed by atoms with Gasteiger partial charge in [0.05, 0.1) is 18.5 Å². The summed E-state index contributed by atoms with van der Waals surface area (Å²) in [5, 5.41) is 0. The first-order chi connectivity index (χ1) is 18.6. The number of ether oxygens (including phenoxy) is 1. The van der Waals surface area contributed by atoms with E-state index in [1.165, 1.54) is 44.8 Å². The van der Waals surface area contributed by atoms with Crippen LogP contribution in [0.25, 0.3) is 22.1 Å². The molecule has 0 unspecified atom stereocenters. The number of nitrogens with zero attached hydrogens (tertiary/aromatic N) is 5. The number of hydrogen-bond donors (Lipinski definition) is 0. The molecule has 0 saturated heterocycles. The van der Waals surface area contributed by atoms with Crippen molar-refractivity contribution in [2.45, 2.75) is 40.0 Å². The van der Waals surface area contributed by atoms with Crippen molar-refractivity contribution in [3.05, 3.63) is 119 Å². The molecule has 1 aliphatic rings. The molecule has 188 valence electrons. The summed E-state index contributed by atoms with van der Waals surface area (Å²) in [7, 11) is 1.79. The monoisotopic (exact) mass is 501 g/mol. The molecule has 1 aliphatic heterocycles. The SMILES string of the molecule is COc1c2cccc1C[n+]1c(C)n(c3ccccc31)Cc1cccc(n1)Cn1c(C)[n+](c3ccccc31)C2. The van der Waals surface area contributed by atoms with Gasteiger partial charge >= 0.3 is 0 Å². The first-order valence-corrected chi connectivity index (χ1v) is 13.2. The Balaban J connectivity index is 1.51. The van der Waals surface area contributed by atoms with Crippen LogP contribution in [0.4, 0.5) is 0 Å². The lowest BCUT2D eigenvalue weighted by Gasteiger charge is -2.13. The second kappa shape index (κ2) is 8.84. The molecule has 0 spiro atoms. The zero-order chi connectivity index (χ0) is 25.8. The Morgan fingerprint density at radius 2 is 1.11 bits per heavy atom. The molecule has 6 aromatic rings. The molecule has 6 nitrogen and oxygen atoms in total. The summed E-state index contributed by atoms with van der Waals surface area (Å²) in [6.45, 7) is 7.31. The molecule has 7 rings (SSSR count). The minimum Gasteiger partial charge on any atom is -0.496 e. The molecule has 0 radical (unpaired) electrons. The third-order valence-corrected chi connectivity index (χ3v) is 8.03. The molecule has 0 N–H and O–H groups in total. The van der Waals surface area contributed by atoms with Crippen LogP contribution in [-0.2, 0) is 26.2 Å². The van der Waals surface area contributed by atoms with Crippen LogP contribution < -0.4 is 13.9 Å². The van der Waals surface area contributed by atoms with Crippen LogP contribution >= 0.6 is 0 Å². The van der Waals surface area contributed by atoms with Crippen LogP contribution in [0.15, 0.2) is 84.9 Å². The van der Waals surface area contributed by atoms with Gasteiger partial charge in [0.15, 0.2) is 22.1 Å². The van der Waals surface area contributed by atoms with E-state index in [-0.39, 0.29) is 0 Å². The fourth-order valence-corrected chi connectivity index (χ4v) is 6.15. The van der Waals surface area contributed by atoms with E-state index in [1.807, 2.05) is 0 Å². The molecule has 8 bridgehead atoms. The van der Waals surface area contributed by atoms with Crippen molar-refractivity contribution < 1.29 is 13.9 Å². The smallest absolute Gasteiger partial charge is 0.254 e. The van der Waals surface area contributed by atoms with Gasteiger partial charge in [-0.15, -0.1) is 0 Å². The number of hydrogen-bond acceptors (Lipinski definition) is 2. The molecule has 3 aromatic carbocycles. The predicted molar refractivity (Wildman–Crippen MR) is 147 cm³/mol. The summed E-state index contributed by atoms with van der Waals surface area (Å²) in [5.41, 5.74) is 9.33. The van der Waals surface area contributed by atoms with Gasteiger partial charge in [0.2, 0.25) is 0 Å². The van der Waals surface area contributed by atoms with Gasteiger partial charge in [-0.05, 0) is 36.4 Å². The number of aromatic nitrogens is 5. The Morgan fingerprint density at radius 3 is 1.61 bits per heavy atom. The number of rotatable bonds is 1. The van der Waals surface area contributed by atoms with Crippen molar-refractivity contribution in [1.29, 1.82) is 0 Å². The van der Waals surface area contributed by atoms with Gasteiger partial charge in [0.1, 0.15) is 31.9 Å². The highest BCUT2D eigenvalue weighted by atomic mass is 16.5. The van der Waals surface area contributed by atoms with Gasteiger partial charge in [-0.25, -0.2) is 23.3 Å². The molecular formula is C32H31N5O+2. The Bertz CT molecular complexity index is 1720. The van der Waals surface area contributed by atoms with Gasteiger partial charge < -0.3 is 4.74 Å². The summed E-state index contributed by atoms with van der Waals surface area (Å²) in [5.74, 6) is 3.35. The molecular weight excluding hydrogens is 470 g/mol. The lowest BCUT2D eigenvalue weighted by Crippen LogP contribution is -2.38. The van der Waals surface area contributed by atoms with Crippen LogP contribution in [0.5, 0.6) is 5.75 Å². The van der Waals surface area contributed by atoms with E-state index >= 15 is 0 Å². The van der Waals surface area contributed by atoms with E-state index in [1.54, 1.807) is 7.11 Å². The fraction of sp³-hybridized carbons (Fsp3) is 0.219. The largest absolute Gasteiger partial charge is 0.496 e. The van der Waals surface area contributed by atoms with Gasteiger partial charge in [-0.3, -0.25) is 0 Å². The Hall–Kier alpha value is -4.45. The highest BCUT2D eigenvalue weighted by Crippen LogP contribution is 2.27. The van der Waals surface area contributed by atoms with Gasteiger partial charge in [0, 0.05) is 25.0 Å². The van der Waals surface area contributed by atoms with Crippen molar-refractivity contribution in [2.75, 3.05) is 7.11 Å². The van der Waals surface area contributed by atoms with Crippen molar-refractivity contribution >= 4 is 22.1 Å². The topological polar surface area (TPSA) is 39.7 Å². The average molecular weight is 502 g/mol. The zero-order valence-corrected chi connectivity index (χ0v) is 22.1. The molecule has 0 amide bonds. The number of benzene rings is 3. The highest BCUT2D eigenvalue weighted by molar-refractivity contribution is 5.73. The van der Waals surface area contributed by atoms with E-state index in [0.717, 1.165) is 43.3 Å². The number of methoxy groups -OCH3 is 1. The number of imidazole rings is 2. The first kappa shape index (κ1) is 22.7. The maximum absolute atomic E-state index is 6.11. The van der Waals surface area contributed by atoms with E-state index in [9.17, 15) is 0 Å². The molecule has 38 heavy (non-hydrogen) atoms. The molecule has 0 atom stereocenters. The summed E-state index contributed by atoms with van der Waals surface area (Å²) in [6.07, 6.45) is 0. The maximum atomic E-state index is 6.11. The lowest BCUT2D eigenvalue weighted by atomic mass is 10.1. The maximum Gasteiger partial charge on any atom is 0.254 e. The first-order valence-electron chi connectivity index (χ1n) is 13.2. The number of pyridine rings is 1. The van der Waals surface area contributed by atoms with Crippen LogP contribution in [-0.4, -0.2) is 21.2 Å². The second-order valence-corrected chi connectivity index (χ2v) is 10.1. The van der Waals surface area contributed by atoms with E-state index in [0.29, 0.717) is 0 Å². The molecule has 0 fully saturated rings. The number of para-hydroxylation sites is 5. The Kier molecular flexibility index (Phi) is 5.28. The summed E-state index contributed by atoms with van der Waals surface area (Å²) >= 11 is 0. The van der Waals surface area contributed by atoms with Crippen molar-refractivity contribution in [1.82, 2.24) is 14.1 Å². The molecule has 6 heteroatoms. The van der Waals surface area contributed by atoms with Crippen LogP contribution in [0, 0.1) is 13.8 Å². The molecule has 4 heterocycles. The third kappa shape index (κ3) is 3.51. The Morgan fingerprint density at radius 1 is 0.632 bits per heavy atom. The van der Waals surface area contributed by atoms with Gasteiger partial charge in [0.25, 0.3) is 11.6 Å². The third-order valence-electron chi connectivity index (χ3n) is 8.03. The molecule has 0 saturated carbocycles. The van der Waals surface area contributed by atoms with E-state index in [4.69, 9.17) is 9.72 Å². The zero-order valence-electron chi connectivity index (χ0n) is 22.1. The summed E-state index contributed by atoms with van der Waals surface area (Å²) in [4.78, 5) is 5.13. The summed E-state index contributed by atoms with van der Waals surface area (Å²) < 4.78 is 15.7. The lowest BCUT2D eigenvalue weighted by molar-refractivity contribution is -0.670. The minimum atomic E-state index is 0.718. The average Bonchev–Trinajstić information content (AvgIpc) is 3.35. The molecule has 0 aliphatic carbocycles. The van der Waals surface area contributed by atoms with Crippen molar-refractivity contribution in [2.24, 2.45) is 0 Å². The molecule has 3 aromatic heterocycles. The van der Waals surface area contributed by atoms with Gasteiger partial charge in [-0.2, -0.15) is 0 Å². The number of fused-ring (bicyclic) bond motifs is 14. The normalized spacial score (nSPS) is 13.2. The Labute approximate surface area is 222 Å². The van der Waals surface area contributed by atoms with Crippen molar-refractivity contribution in [3.63, 3.8) is 0 Å².